The van der Waals surface area contributed by atoms with E-state index in [1.54, 1.807) is 0 Å². The van der Waals surface area contributed by atoms with Crippen LogP contribution in [0.15, 0.2) is 85.2 Å². The van der Waals surface area contributed by atoms with E-state index >= 15 is 0 Å². The van der Waals surface area contributed by atoms with E-state index in [0.29, 0.717) is 0 Å². The number of nitrogens with zero attached hydrogens (tertiary/aromatic N) is 4. The van der Waals surface area contributed by atoms with Crippen molar-refractivity contribution in [2.45, 2.75) is 60.9 Å². The van der Waals surface area contributed by atoms with Crippen molar-refractivity contribution in [3.63, 3.8) is 0 Å². The molecule has 1 aromatic heterocycles. The first-order chi connectivity index (χ1) is 21.0. The lowest BCUT2D eigenvalue weighted by Gasteiger charge is -2.37. The third-order valence-electron chi connectivity index (χ3n) is 10.6. The molecule has 4 nitrogen and oxygen atoms in total. The third-order valence-corrected chi connectivity index (χ3v) is 10.6. The highest BCUT2D eigenvalue weighted by Crippen LogP contribution is 2.33. The van der Waals surface area contributed by atoms with E-state index < -0.39 is 0 Å². The lowest BCUT2D eigenvalue weighted by atomic mass is 9.99. The number of hydrogen-bond acceptors (Lipinski definition) is 1. The molecule has 0 saturated carbocycles. The Labute approximate surface area is 262 Å². The molecule has 1 aliphatic rings. The summed E-state index contributed by atoms with van der Waals surface area (Å²) in [6.07, 6.45) is 16.0. The number of fused-ring (bicyclic) bond motifs is 2. The average molecular weight is 582 g/mol. The number of anilines is 1. The van der Waals surface area contributed by atoms with E-state index in [-0.39, 0.29) is 0 Å². The Kier molecular flexibility index (Phi) is 11.8. The zero-order valence-electron chi connectivity index (χ0n) is 27.9. The van der Waals surface area contributed by atoms with E-state index in [4.69, 9.17) is 0 Å². The van der Waals surface area contributed by atoms with Crippen molar-refractivity contribution >= 4 is 28.2 Å². The Balaban J connectivity index is 1.49. The normalized spacial score (nSPS) is 14.7. The second kappa shape index (κ2) is 15.5. The Hall–Kier alpha value is -3.21. The van der Waals surface area contributed by atoms with E-state index in [0.717, 1.165) is 13.1 Å². The minimum Gasteiger partial charge on any atom is -0.347 e. The number of pyridine rings is 1. The van der Waals surface area contributed by atoms with Crippen LogP contribution in [0.3, 0.4) is 0 Å². The highest BCUT2D eigenvalue weighted by Gasteiger charge is 2.23. The maximum atomic E-state index is 2.44. The molecule has 2 heterocycles. The quantitative estimate of drug-likeness (QED) is 0.122. The average Bonchev–Trinajstić information content (AvgIpc) is 3.07. The van der Waals surface area contributed by atoms with Crippen LogP contribution in [-0.4, -0.2) is 67.9 Å². The molecule has 2 aromatic carbocycles. The van der Waals surface area contributed by atoms with Gasteiger partial charge < -0.3 is 13.9 Å². The molecule has 0 bridgehead atoms. The van der Waals surface area contributed by atoms with Crippen LogP contribution in [0.5, 0.6) is 0 Å². The van der Waals surface area contributed by atoms with Crippen molar-refractivity contribution in [3.8, 4) is 0 Å². The molecule has 0 aliphatic carbocycles. The maximum absolute atomic E-state index is 2.44. The number of rotatable bonds is 16. The molecular weight excluding hydrogens is 524 g/mol. The zero-order chi connectivity index (χ0) is 30.7. The molecule has 0 atom stereocenters. The molecule has 3 aromatic rings. The highest BCUT2D eigenvalue weighted by molar-refractivity contribution is 5.89. The monoisotopic (exact) mass is 581 g/mol. The molecular formula is C39H57N4+3. The van der Waals surface area contributed by atoms with E-state index in [9.17, 15) is 0 Å². The van der Waals surface area contributed by atoms with Gasteiger partial charge in [-0.1, -0.05) is 48.6 Å². The van der Waals surface area contributed by atoms with Crippen LogP contribution in [0.4, 0.5) is 5.69 Å². The molecule has 1 aliphatic heterocycles. The molecule has 0 saturated heterocycles. The fourth-order valence-electron chi connectivity index (χ4n) is 7.00. The van der Waals surface area contributed by atoms with Gasteiger partial charge in [0.15, 0.2) is 12.7 Å². The molecule has 0 spiro atoms. The molecule has 4 heteroatoms. The fourth-order valence-corrected chi connectivity index (χ4v) is 7.00. The predicted octanol–water partition coefficient (Wildman–Crippen LogP) is 8.09. The third kappa shape index (κ3) is 7.66. The summed E-state index contributed by atoms with van der Waals surface area (Å²) >= 11 is 0. The van der Waals surface area contributed by atoms with Crippen molar-refractivity contribution in [2.24, 2.45) is 0 Å². The summed E-state index contributed by atoms with van der Waals surface area (Å²) in [5, 5.41) is 1.31. The first-order valence-corrected chi connectivity index (χ1v) is 17.0. The largest absolute Gasteiger partial charge is 0.347 e. The van der Waals surface area contributed by atoms with Gasteiger partial charge in [-0.05, 0) is 70.9 Å². The number of allylic oxidation sites excluding steroid dienone is 4. The zero-order valence-corrected chi connectivity index (χ0v) is 27.9. The standard InChI is InChI=1S/C39H57N4/c1-7-42(8-2,9-3)32-18-28-40-30-26-34(36-22-13-15-24-38(36)40)20-17-21-35-27-31-41(39-25-16-14-23-37(35)39)29-19-33-43(10-4,11-5)12-6/h13-17,20-27,30-31H,7-12,18-19,28-29,32-33H2,1-6H3/q+3. The van der Waals surface area contributed by atoms with Crippen LogP contribution in [0.2, 0.25) is 0 Å². The van der Waals surface area contributed by atoms with Crippen molar-refractivity contribution in [3.05, 3.63) is 96.3 Å². The van der Waals surface area contributed by atoms with Crippen molar-refractivity contribution in [1.82, 2.24) is 0 Å². The van der Waals surface area contributed by atoms with Gasteiger partial charge in [-0.25, -0.2) is 0 Å². The van der Waals surface area contributed by atoms with Crippen LogP contribution >= 0.6 is 0 Å². The van der Waals surface area contributed by atoms with Gasteiger partial charge in [0.2, 0.25) is 5.52 Å². The smallest absolute Gasteiger partial charge is 0.213 e. The number of benzene rings is 2. The summed E-state index contributed by atoms with van der Waals surface area (Å²) in [6, 6.07) is 20.0. The lowest BCUT2D eigenvalue weighted by Crippen LogP contribution is -2.49. The number of aromatic nitrogens is 1. The van der Waals surface area contributed by atoms with Crippen LogP contribution in [-0.2, 0) is 6.54 Å². The topological polar surface area (TPSA) is 7.12 Å². The number of aryl methyl sites for hydroxylation is 1. The summed E-state index contributed by atoms with van der Waals surface area (Å²) in [7, 11) is 0. The van der Waals surface area contributed by atoms with Gasteiger partial charge in [0, 0.05) is 42.5 Å². The maximum Gasteiger partial charge on any atom is 0.213 e. The number of para-hydroxylation sites is 2. The van der Waals surface area contributed by atoms with Crippen LogP contribution in [0.1, 0.15) is 65.5 Å². The Morgan fingerprint density at radius 2 is 1.35 bits per heavy atom. The van der Waals surface area contributed by atoms with Crippen molar-refractivity contribution < 1.29 is 13.5 Å². The minimum atomic E-state index is 1.06. The van der Waals surface area contributed by atoms with Gasteiger partial charge in [-0.3, -0.25) is 0 Å². The van der Waals surface area contributed by atoms with E-state index in [2.05, 4.69) is 142 Å². The molecule has 4 rings (SSSR count). The Bertz CT molecular complexity index is 1390. The molecule has 0 amide bonds. The van der Waals surface area contributed by atoms with Gasteiger partial charge in [-0.2, -0.15) is 4.57 Å². The molecule has 0 radical (unpaired) electrons. The Morgan fingerprint density at radius 3 is 2.05 bits per heavy atom. The molecule has 230 valence electrons. The SMILES string of the molecule is CC[N+](CC)(CC)CCCN1C=C/C(=C\C=C\c2cc[n+](CCC[N+](CC)(CC)CC)c3ccccc23)c2ccccc21. The highest BCUT2D eigenvalue weighted by atomic mass is 15.3. The molecule has 43 heavy (non-hydrogen) atoms. The summed E-state index contributed by atoms with van der Waals surface area (Å²) in [4.78, 5) is 2.44. The summed E-state index contributed by atoms with van der Waals surface area (Å²) < 4.78 is 4.86. The van der Waals surface area contributed by atoms with Gasteiger partial charge in [0.1, 0.15) is 0 Å². The van der Waals surface area contributed by atoms with Crippen molar-refractivity contribution in [2.75, 3.05) is 63.8 Å². The van der Waals surface area contributed by atoms with Gasteiger partial charge in [-0.15, -0.1) is 0 Å². The molecule has 0 fully saturated rings. The van der Waals surface area contributed by atoms with Gasteiger partial charge in [0.05, 0.1) is 64.2 Å². The Morgan fingerprint density at radius 1 is 0.721 bits per heavy atom. The summed E-state index contributed by atoms with van der Waals surface area (Å²) in [5.74, 6) is 0. The number of quaternary nitrogens is 2. The second-order valence-electron chi connectivity index (χ2n) is 12.2. The summed E-state index contributed by atoms with van der Waals surface area (Å²) in [6.45, 7) is 25.9. The fraction of sp³-hybridized carbons (Fsp3) is 0.462. The van der Waals surface area contributed by atoms with Crippen LogP contribution in [0, 0.1) is 0 Å². The molecule has 0 unspecified atom stereocenters. The van der Waals surface area contributed by atoms with Crippen molar-refractivity contribution in [1.29, 1.82) is 0 Å². The van der Waals surface area contributed by atoms with Gasteiger partial charge >= 0.3 is 0 Å². The first kappa shape index (κ1) is 32.7. The van der Waals surface area contributed by atoms with Crippen LogP contribution < -0.4 is 9.47 Å². The van der Waals surface area contributed by atoms with Gasteiger partial charge in [0.25, 0.3) is 0 Å². The minimum absolute atomic E-state index is 1.06. The van der Waals surface area contributed by atoms with Crippen LogP contribution in [0.25, 0.3) is 22.6 Å². The van der Waals surface area contributed by atoms with E-state index in [1.165, 1.54) is 107 Å². The first-order valence-electron chi connectivity index (χ1n) is 17.0. The second-order valence-corrected chi connectivity index (χ2v) is 12.2. The molecule has 0 N–H and O–H groups in total. The lowest BCUT2D eigenvalue weighted by molar-refractivity contribution is -0.925. The predicted molar refractivity (Wildman–Crippen MR) is 187 cm³/mol. The number of hydrogen-bond donors (Lipinski definition) is 0. The summed E-state index contributed by atoms with van der Waals surface area (Å²) in [5.41, 5.74) is 6.48. The van der Waals surface area contributed by atoms with E-state index in [1.807, 2.05) is 0 Å².